The molecule has 0 atom stereocenters. The van der Waals surface area contributed by atoms with Crippen LogP contribution in [0.25, 0.3) is 11.8 Å². The first-order valence-electron chi connectivity index (χ1n) is 9.81. The van der Waals surface area contributed by atoms with Crippen LogP contribution in [0.4, 0.5) is 10.5 Å². The second kappa shape index (κ2) is 8.36. The van der Waals surface area contributed by atoms with Crippen molar-refractivity contribution in [2.45, 2.75) is 13.8 Å². The normalized spacial score (nSPS) is 15.3. The number of imide groups is 2. The molecular weight excluding hydrogens is 430 g/mol. The molecule has 1 fully saturated rings. The van der Waals surface area contributed by atoms with Crippen LogP contribution in [0.5, 0.6) is 5.75 Å². The number of anilines is 1. The molecule has 0 bridgehead atoms. The molecule has 0 aliphatic carbocycles. The molecule has 162 valence electrons. The summed E-state index contributed by atoms with van der Waals surface area (Å²) >= 11 is 6.16. The Labute approximate surface area is 189 Å². The lowest BCUT2D eigenvalue weighted by molar-refractivity contribution is -0.122. The number of urea groups is 1. The number of nitrogens with one attached hydrogen (secondary N) is 1. The Bertz CT molecular complexity index is 1280. The van der Waals surface area contributed by atoms with Gasteiger partial charge in [-0.3, -0.25) is 14.9 Å². The first-order valence-corrected chi connectivity index (χ1v) is 10.2. The highest BCUT2D eigenvalue weighted by Crippen LogP contribution is 2.31. The first kappa shape index (κ1) is 21.4. The molecule has 2 heterocycles. The fraction of sp³-hybridized carbons (Fsp3) is 0.125. The van der Waals surface area contributed by atoms with E-state index in [0.29, 0.717) is 11.3 Å². The van der Waals surface area contributed by atoms with Gasteiger partial charge in [-0.1, -0.05) is 29.8 Å². The van der Waals surface area contributed by atoms with Crippen molar-refractivity contribution < 1.29 is 19.1 Å². The zero-order chi connectivity index (χ0) is 23.0. The highest BCUT2D eigenvalue weighted by atomic mass is 35.5. The summed E-state index contributed by atoms with van der Waals surface area (Å²) in [5.41, 5.74) is 3.55. The minimum Gasteiger partial charge on any atom is -0.495 e. The van der Waals surface area contributed by atoms with E-state index in [1.54, 1.807) is 6.07 Å². The Hall–Kier alpha value is -3.84. The maximum Gasteiger partial charge on any atom is 0.335 e. The first-order chi connectivity index (χ1) is 15.3. The number of aromatic nitrogens is 1. The number of benzene rings is 2. The van der Waals surface area contributed by atoms with Gasteiger partial charge in [-0.2, -0.15) is 0 Å². The maximum atomic E-state index is 13.2. The average Bonchev–Trinajstić information content (AvgIpc) is 3.04. The highest BCUT2D eigenvalue weighted by Gasteiger charge is 2.37. The molecule has 0 spiro atoms. The van der Waals surface area contributed by atoms with E-state index in [4.69, 9.17) is 16.3 Å². The molecule has 1 N–H and O–H groups in total. The molecule has 0 saturated carbocycles. The van der Waals surface area contributed by atoms with Crippen molar-refractivity contribution in [2.24, 2.45) is 0 Å². The van der Waals surface area contributed by atoms with Crippen molar-refractivity contribution in [1.82, 2.24) is 9.88 Å². The van der Waals surface area contributed by atoms with E-state index < -0.39 is 17.8 Å². The molecule has 1 aliphatic heterocycles. The van der Waals surface area contributed by atoms with Crippen LogP contribution in [0, 0.1) is 13.8 Å². The van der Waals surface area contributed by atoms with Crippen LogP contribution in [0.2, 0.25) is 5.02 Å². The molecule has 4 amide bonds. The number of hydrogen-bond acceptors (Lipinski definition) is 4. The van der Waals surface area contributed by atoms with E-state index in [0.717, 1.165) is 22.0 Å². The summed E-state index contributed by atoms with van der Waals surface area (Å²) in [7, 11) is 1.46. The van der Waals surface area contributed by atoms with Gasteiger partial charge in [0.1, 0.15) is 11.3 Å². The Morgan fingerprint density at radius 2 is 1.69 bits per heavy atom. The maximum absolute atomic E-state index is 13.2. The number of carbonyl (C=O) groups excluding carboxylic acids is 3. The van der Waals surface area contributed by atoms with Gasteiger partial charge in [-0.15, -0.1) is 0 Å². The van der Waals surface area contributed by atoms with Crippen molar-refractivity contribution in [3.8, 4) is 11.4 Å². The molecule has 2 aromatic carbocycles. The second-order valence-corrected chi connectivity index (χ2v) is 7.68. The smallest absolute Gasteiger partial charge is 0.335 e. The lowest BCUT2D eigenvalue weighted by atomic mass is 10.1. The molecular formula is C24H20ClN3O4. The van der Waals surface area contributed by atoms with Crippen LogP contribution < -0.4 is 15.0 Å². The van der Waals surface area contributed by atoms with Crippen molar-refractivity contribution in [3.63, 3.8) is 0 Å². The third-order valence-corrected chi connectivity index (χ3v) is 5.58. The van der Waals surface area contributed by atoms with Gasteiger partial charge < -0.3 is 9.30 Å². The third-order valence-electron chi connectivity index (χ3n) is 5.28. The van der Waals surface area contributed by atoms with Gasteiger partial charge in [0.25, 0.3) is 11.8 Å². The Morgan fingerprint density at radius 3 is 2.34 bits per heavy atom. The number of carbonyl (C=O) groups is 3. The topological polar surface area (TPSA) is 80.6 Å². The SMILES string of the molecule is COc1ccc(N2C(=O)NC(=O)C(=Cc3cc(C)n(-c4ccccc4)c3C)C2=O)cc1Cl. The monoisotopic (exact) mass is 449 g/mol. The van der Waals surface area contributed by atoms with Gasteiger partial charge >= 0.3 is 6.03 Å². The summed E-state index contributed by atoms with van der Waals surface area (Å²) in [5, 5.41) is 2.46. The van der Waals surface area contributed by atoms with Crippen molar-refractivity contribution in [2.75, 3.05) is 12.0 Å². The van der Waals surface area contributed by atoms with E-state index in [2.05, 4.69) is 5.32 Å². The number of aryl methyl sites for hydroxylation is 1. The van der Waals surface area contributed by atoms with Gasteiger partial charge in [0.15, 0.2) is 0 Å². The number of halogens is 1. The lowest BCUT2D eigenvalue weighted by Gasteiger charge is -2.26. The highest BCUT2D eigenvalue weighted by molar-refractivity contribution is 6.39. The van der Waals surface area contributed by atoms with E-state index in [9.17, 15) is 14.4 Å². The molecule has 1 saturated heterocycles. The fourth-order valence-electron chi connectivity index (χ4n) is 3.75. The quantitative estimate of drug-likeness (QED) is 0.472. The number of rotatable bonds is 4. The van der Waals surface area contributed by atoms with Gasteiger partial charge in [-0.25, -0.2) is 9.69 Å². The van der Waals surface area contributed by atoms with Crippen LogP contribution in [0.1, 0.15) is 17.0 Å². The van der Waals surface area contributed by atoms with Gasteiger partial charge in [0, 0.05) is 17.1 Å². The third kappa shape index (κ3) is 3.67. The van der Waals surface area contributed by atoms with Crippen LogP contribution in [0.3, 0.4) is 0 Å². The Kier molecular flexibility index (Phi) is 5.59. The summed E-state index contributed by atoms with van der Waals surface area (Å²) < 4.78 is 7.15. The molecule has 7 nitrogen and oxygen atoms in total. The Morgan fingerprint density at radius 1 is 0.969 bits per heavy atom. The molecule has 3 aromatic rings. The minimum absolute atomic E-state index is 0.148. The summed E-state index contributed by atoms with van der Waals surface area (Å²) in [6, 6.07) is 15.3. The van der Waals surface area contributed by atoms with Crippen LogP contribution in [0.15, 0.2) is 60.2 Å². The zero-order valence-electron chi connectivity index (χ0n) is 17.7. The van der Waals surface area contributed by atoms with E-state index in [1.165, 1.54) is 25.3 Å². The number of ether oxygens (including phenoxy) is 1. The number of barbiturate groups is 1. The zero-order valence-corrected chi connectivity index (χ0v) is 18.4. The number of nitrogens with zero attached hydrogens (tertiary/aromatic N) is 2. The molecule has 4 rings (SSSR count). The molecule has 1 aromatic heterocycles. The number of hydrogen-bond donors (Lipinski definition) is 1. The molecule has 0 unspecified atom stereocenters. The second-order valence-electron chi connectivity index (χ2n) is 7.27. The van der Waals surface area contributed by atoms with Crippen LogP contribution in [-0.4, -0.2) is 29.5 Å². The van der Waals surface area contributed by atoms with Crippen molar-refractivity contribution in [1.29, 1.82) is 0 Å². The molecule has 8 heteroatoms. The fourth-order valence-corrected chi connectivity index (χ4v) is 4.00. The van der Waals surface area contributed by atoms with Crippen LogP contribution in [-0.2, 0) is 9.59 Å². The number of amides is 4. The largest absolute Gasteiger partial charge is 0.495 e. The van der Waals surface area contributed by atoms with Crippen LogP contribution >= 0.6 is 11.6 Å². The molecule has 32 heavy (non-hydrogen) atoms. The van der Waals surface area contributed by atoms with E-state index in [1.807, 2.05) is 54.8 Å². The number of methoxy groups -OCH3 is 1. The van der Waals surface area contributed by atoms with Crippen molar-refractivity contribution in [3.05, 3.63) is 82.1 Å². The van der Waals surface area contributed by atoms with Crippen molar-refractivity contribution >= 4 is 41.2 Å². The van der Waals surface area contributed by atoms with Gasteiger partial charge in [0.05, 0.1) is 17.8 Å². The molecule has 0 radical (unpaired) electrons. The van der Waals surface area contributed by atoms with E-state index in [-0.39, 0.29) is 16.3 Å². The van der Waals surface area contributed by atoms with E-state index >= 15 is 0 Å². The predicted molar refractivity (Wildman–Crippen MR) is 122 cm³/mol. The standard InChI is InChI=1S/C24H20ClN3O4/c1-14-11-16(15(2)27(14)17-7-5-4-6-8-17)12-19-22(29)26-24(31)28(23(19)30)18-9-10-21(32-3)20(25)13-18/h4-13H,1-3H3,(H,26,29,31). The summed E-state index contributed by atoms with van der Waals surface area (Å²) in [4.78, 5) is 39.1. The average molecular weight is 450 g/mol. The summed E-state index contributed by atoms with van der Waals surface area (Å²) in [6.45, 7) is 3.85. The lowest BCUT2D eigenvalue weighted by Crippen LogP contribution is -2.54. The van der Waals surface area contributed by atoms with Gasteiger partial charge in [-0.05, 0) is 61.9 Å². The summed E-state index contributed by atoms with van der Waals surface area (Å²) in [5.74, 6) is -1.08. The van der Waals surface area contributed by atoms with Gasteiger partial charge in [0.2, 0.25) is 0 Å². The molecule has 1 aliphatic rings. The minimum atomic E-state index is -0.840. The summed E-state index contributed by atoms with van der Waals surface area (Å²) in [6.07, 6.45) is 1.50. The number of para-hydroxylation sites is 1. The Balaban J connectivity index is 1.75. The predicted octanol–water partition coefficient (Wildman–Crippen LogP) is 4.42.